The second-order valence-electron chi connectivity index (χ2n) is 9.83. The molecular weight excluding hydrogens is 598 g/mol. The van der Waals surface area contributed by atoms with Gasteiger partial charge in [-0.3, -0.25) is 4.79 Å². The highest BCUT2D eigenvalue weighted by Crippen LogP contribution is 2.37. The predicted molar refractivity (Wildman–Crippen MR) is 157 cm³/mol. The third kappa shape index (κ3) is 5.40. The Kier molecular flexibility index (Phi) is 7.67. The minimum atomic E-state index is -0.222. The molecule has 0 unspecified atom stereocenters. The summed E-state index contributed by atoms with van der Waals surface area (Å²) < 4.78 is 25.0. The van der Waals surface area contributed by atoms with E-state index in [4.69, 9.17) is 35.5 Å². The molecule has 1 aromatic heterocycles. The Morgan fingerprint density at radius 1 is 1.10 bits per heavy atom. The largest absolute Gasteiger partial charge is 0.493 e. The fraction of sp³-hybridized carbons (Fsp3) is 0.300. The number of aromatic nitrogens is 2. The molecule has 6 rings (SSSR count). The fourth-order valence-electron chi connectivity index (χ4n) is 5.20. The van der Waals surface area contributed by atoms with Gasteiger partial charge in [0.1, 0.15) is 12.4 Å². The molecule has 40 heavy (non-hydrogen) atoms. The van der Waals surface area contributed by atoms with Gasteiger partial charge >= 0.3 is 0 Å². The monoisotopic (exact) mass is 623 g/mol. The standard InChI is InChI=1S/C30H27BrClN3O5/c1-37-27-14-22(32)12-20(28(27)38-16-18-7-10-25-26(11-18)40-17-39-25)15-33-35-29(19-5-3-2-4-6-19)34-24-9-8-21(31)13-23(24)30(35)36/h7-15,19H,2-6,16-17H2,1H3. The maximum Gasteiger partial charge on any atom is 0.282 e. The maximum absolute atomic E-state index is 13.7. The summed E-state index contributed by atoms with van der Waals surface area (Å²) in [5.74, 6) is 3.12. The van der Waals surface area contributed by atoms with Crippen LogP contribution in [0.3, 0.4) is 0 Å². The molecule has 0 amide bonds. The van der Waals surface area contributed by atoms with Crippen molar-refractivity contribution in [2.75, 3.05) is 13.9 Å². The van der Waals surface area contributed by atoms with Gasteiger partial charge in [-0.25, -0.2) is 4.98 Å². The van der Waals surface area contributed by atoms with Crippen LogP contribution < -0.4 is 24.5 Å². The SMILES string of the molecule is COc1cc(Cl)cc(C=Nn2c(C3CCCCC3)nc3ccc(Br)cc3c2=O)c1OCc1ccc2c(c1)OCO2. The zero-order chi connectivity index (χ0) is 27.6. The number of halogens is 2. The van der Waals surface area contributed by atoms with Crippen LogP contribution in [0.1, 0.15) is 55.0 Å². The number of fused-ring (bicyclic) bond motifs is 2. The van der Waals surface area contributed by atoms with Crippen molar-refractivity contribution < 1.29 is 18.9 Å². The van der Waals surface area contributed by atoms with E-state index < -0.39 is 0 Å². The van der Waals surface area contributed by atoms with Gasteiger partial charge in [-0.1, -0.05) is 52.9 Å². The van der Waals surface area contributed by atoms with Gasteiger partial charge in [-0.05, 0) is 54.8 Å². The first-order valence-electron chi connectivity index (χ1n) is 13.2. The lowest BCUT2D eigenvalue weighted by Crippen LogP contribution is -2.25. The number of ether oxygens (including phenoxy) is 4. The van der Waals surface area contributed by atoms with E-state index in [1.165, 1.54) is 11.1 Å². The maximum atomic E-state index is 13.7. The number of methoxy groups -OCH3 is 1. The van der Waals surface area contributed by atoms with Gasteiger partial charge in [0, 0.05) is 27.0 Å². The zero-order valence-corrected chi connectivity index (χ0v) is 24.2. The molecule has 206 valence electrons. The second kappa shape index (κ2) is 11.5. The third-order valence-corrected chi connectivity index (χ3v) is 7.92. The lowest BCUT2D eigenvalue weighted by molar-refractivity contribution is 0.174. The van der Waals surface area contributed by atoms with E-state index >= 15 is 0 Å². The molecule has 1 aliphatic carbocycles. The molecule has 8 nitrogen and oxygen atoms in total. The molecule has 0 atom stereocenters. The van der Waals surface area contributed by atoms with E-state index in [-0.39, 0.29) is 24.9 Å². The fourth-order valence-corrected chi connectivity index (χ4v) is 5.78. The smallest absolute Gasteiger partial charge is 0.282 e. The Balaban J connectivity index is 1.39. The Bertz CT molecular complexity index is 1670. The van der Waals surface area contributed by atoms with E-state index in [9.17, 15) is 4.79 Å². The van der Waals surface area contributed by atoms with Crippen molar-refractivity contribution in [3.63, 3.8) is 0 Å². The van der Waals surface area contributed by atoms with Crippen molar-refractivity contribution in [1.29, 1.82) is 0 Å². The number of rotatable bonds is 7. The van der Waals surface area contributed by atoms with Crippen LogP contribution in [0.15, 0.2) is 62.9 Å². The molecule has 2 heterocycles. The second-order valence-corrected chi connectivity index (χ2v) is 11.2. The Morgan fingerprint density at radius 3 is 2.75 bits per heavy atom. The Labute approximate surface area is 244 Å². The average Bonchev–Trinajstić information content (AvgIpc) is 3.44. The molecule has 0 saturated heterocycles. The van der Waals surface area contributed by atoms with Crippen LogP contribution in [0, 0.1) is 0 Å². The summed E-state index contributed by atoms with van der Waals surface area (Å²) in [5, 5.41) is 5.63. The Hall–Kier alpha value is -3.56. The highest BCUT2D eigenvalue weighted by Gasteiger charge is 2.23. The highest BCUT2D eigenvalue weighted by molar-refractivity contribution is 9.10. The number of hydrogen-bond acceptors (Lipinski definition) is 7. The lowest BCUT2D eigenvalue weighted by Gasteiger charge is -2.23. The lowest BCUT2D eigenvalue weighted by atomic mass is 9.88. The van der Waals surface area contributed by atoms with Crippen LogP contribution in [0.5, 0.6) is 23.0 Å². The molecule has 0 spiro atoms. The summed E-state index contributed by atoms with van der Waals surface area (Å²) >= 11 is 9.90. The number of benzene rings is 3. The topological polar surface area (TPSA) is 84.2 Å². The summed E-state index contributed by atoms with van der Waals surface area (Å²) in [6, 6.07) is 14.6. The molecule has 1 aliphatic heterocycles. The summed E-state index contributed by atoms with van der Waals surface area (Å²) in [5.41, 5.74) is 1.91. The predicted octanol–water partition coefficient (Wildman–Crippen LogP) is 7.06. The quantitative estimate of drug-likeness (QED) is 0.205. The summed E-state index contributed by atoms with van der Waals surface area (Å²) in [6.45, 7) is 0.447. The van der Waals surface area contributed by atoms with Crippen LogP contribution in [-0.2, 0) is 6.61 Å². The van der Waals surface area contributed by atoms with Gasteiger partial charge in [0.15, 0.2) is 23.0 Å². The van der Waals surface area contributed by atoms with Crippen molar-refractivity contribution in [3.8, 4) is 23.0 Å². The van der Waals surface area contributed by atoms with Crippen molar-refractivity contribution in [2.24, 2.45) is 5.10 Å². The molecule has 1 fully saturated rings. The van der Waals surface area contributed by atoms with E-state index in [2.05, 4.69) is 21.0 Å². The van der Waals surface area contributed by atoms with Crippen molar-refractivity contribution in [3.05, 3.63) is 85.3 Å². The minimum absolute atomic E-state index is 0.155. The van der Waals surface area contributed by atoms with Crippen LogP contribution in [0.25, 0.3) is 10.9 Å². The van der Waals surface area contributed by atoms with Crippen LogP contribution in [0.4, 0.5) is 0 Å². The molecule has 10 heteroatoms. The first kappa shape index (κ1) is 26.7. The van der Waals surface area contributed by atoms with Crippen LogP contribution in [-0.4, -0.2) is 29.8 Å². The van der Waals surface area contributed by atoms with Crippen molar-refractivity contribution in [1.82, 2.24) is 9.66 Å². The third-order valence-electron chi connectivity index (χ3n) is 7.20. The van der Waals surface area contributed by atoms with E-state index in [0.717, 1.165) is 35.7 Å². The average molecular weight is 625 g/mol. The van der Waals surface area contributed by atoms with Gasteiger partial charge in [0.2, 0.25) is 6.79 Å². The first-order chi connectivity index (χ1) is 19.5. The molecule has 4 aromatic rings. The van der Waals surface area contributed by atoms with E-state index in [1.54, 1.807) is 31.5 Å². The molecule has 1 saturated carbocycles. The first-order valence-corrected chi connectivity index (χ1v) is 14.3. The zero-order valence-electron chi connectivity index (χ0n) is 21.9. The van der Waals surface area contributed by atoms with E-state index in [0.29, 0.717) is 50.3 Å². The molecule has 2 aliphatic rings. The summed E-state index contributed by atoms with van der Waals surface area (Å²) in [7, 11) is 1.55. The van der Waals surface area contributed by atoms with Gasteiger partial charge < -0.3 is 18.9 Å². The summed E-state index contributed by atoms with van der Waals surface area (Å²) in [6.07, 6.45) is 6.93. The number of hydrogen-bond donors (Lipinski definition) is 0. The summed E-state index contributed by atoms with van der Waals surface area (Å²) in [4.78, 5) is 18.6. The normalized spacial score (nSPS) is 15.2. The highest BCUT2D eigenvalue weighted by atomic mass is 79.9. The van der Waals surface area contributed by atoms with Gasteiger partial charge in [0.25, 0.3) is 5.56 Å². The molecule has 3 aromatic carbocycles. The van der Waals surface area contributed by atoms with Gasteiger partial charge in [-0.15, -0.1) is 0 Å². The van der Waals surface area contributed by atoms with E-state index in [1.807, 2.05) is 30.3 Å². The van der Waals surface area contributed by atoms with Gasteiger partial charge in [0.05, 0.1) is 24.2 Å². The van der Waals surface area contributed by atoms with Crippen molar-refractivity contribution in [2.45, 2.75) is 44.6 Å². The number of nitrogens with zero attached hydrogens (tertiary/aromatic N) is 3. The molecular formula is C30H27BrClN3O5. The van der Waals surface area contributed by atoms with Gasteiger partial charge in [-0.2, -0.15) is 9.78 Å². The molecule has 0 radical (unpaired) electrons. The van der Waals surface area contributed by atoms with Crippen molar-refractivity contribution >= 4 is 44.6 Å². The van der Waals surface area contributed by atoms with Crippen LogP contribution in [0.2, 0.25) is 5.02 Å². The minimum Gasteiger partial charge on any atom is -0.493 e. The molecule has 0 bridgehead atoms. The molecule has 0 N–H and O–H groups in total. The van der Waals surface area contributed by atoms with Crippen LogP contribution >= 0.6 is 27.5 Å². The Morgan fingerprint density at radius 2 is 1.93 bits per heavy atom.